The van der Waals surface area contributed by atoms with Crippen molar-refractivity contribution >= 4 is 39.2 Å². The van der Waals surface area contributed by atoms with E-state index in [0.29, 0.717) is 16.7 Å². The zero-order valence-electron chi connectivity index (χ0n) is 11.7. The van der Waals surface area contributed by atoms with Crippen molar-refractivity contribution in [3.63, 3.8) is 0 Å². The highest BCUT2D eigenvalue weighted by atomic mass is 32.1. The average molecular weight is 301 g/mol. The predicted molar refractivity (Wildman–Crippen MR) is 84.9 cm³/mol. The molecule has 1 aromatic carbocycles. The molecule has 0 saturated carbocycles. The van der Waals surface area contributed by atoms with Crippen molar-refractivity contribution in [2.24, 2.45) is 0 Å². The van der Waals surface area contributed by atoms with Gasteiger partial charge >= 0.3 is 6.03 Å². The highest BCUT2D eigenvalue weighted by Gasteiger charge is 2.09. The summed E-state index contributed by atoms with van der Waals surface area (Å²) >= 11 is 1.48. The minimum atomic E-state index is -0.307. The molecule has 0 bridgehead atoms. The minimum Gasteiger partial charge on any atom is -0.345 e. The van der Waals surface area contributed by atoms with E-state index >= 15 is 0 Å². The van der Waals surface area contributed by atoms with E-state index in [9.17, 15) is 4.79 Å². The van der Waals surface area contributed by atoms with Gasteiger partial charge in [0, 0.05) is 16.8 Å². The van der Waals surface area contributed by atoms with Crippen molar-refractivity contribution < 1.29 is 4.79 Å². The average Bonchev–Trinajstić information content (AvgIpc) is 3.06. The molecule has 0 unspecified atom stereocenters. The molecule has 0 aliphatic heterocycles. The number of carbonyl (C=O) groups excluding carboxylic acids is 1. The Kier molecular flexibility index (Phi) is 3.57. The number of benzene rings is 1. The topological polar surface area (TPSA) is 82.7 Å². The molecule has 0 saturated heterocycles. The first-order valence-electron chi connectivity index (χ1n) is 6.58. The van der Waals surface area contributed by atoms with Crippen LogP contribution in [-0.4, -0.2) is 21.0 Å². The molecule has 0 aliphatic rings. The molecule has 0 aliphatic carbocycles. The third kappa shape index (κ3) is 3.03. The Bertz CT molecular complexity index is 776. The van der Waals surface area contributed by atoms with Crippen LogP contribution in [0.1, 0.15) is 24.6 Å². The summed E-state index contributed by atoms with van der Waals surface area (Å²) in [4.78, 5) is 24.4. The van der Waals surface area contributed by atoms with Gasteiger partial charge in [0.25, 0.3) is 0 Å². The maximum atomic E-state index is 12.0. The summed E-state index contributed by atoms with van der Waals surface area (Å²) in [6.07, 6.45) is 3.42. The molecule has 3 rings (SSSR count). The van der Waals surface area contributed by atoms with Gasteiger partial charge in [0.2, 0.25) is 0 Å². The van der Waals surface area contributed by atoms with Gasteiger partial charge in [-0.1, -0.05) is 13.8 Å². The van der Waals surface area contributed by atoms with Gasteiger partial charge in [-0.2, -0.15) is 0 Å². The Labute approximate surface area is 125 Å². The molecule has 3 N–H and O–H groups in total. The second kappa shape index (κ2) is 5.53. The van der Waals surface area contributed by atoms with E-state index in [4.69, 9.17) is 0 Å². The Balaban J connectivity index is 1.67. The van der Waals surface area contributed by atoms with Gasteiger partial charge in [-0.15, -0.1) is 11.3 Å². The van der Waals surface area contributed by atoms with Crippen molar-refractivity contribution in [1.82, 2.24) is 15.0 Å². The maximum Gasteiger partial charge on any atom is 0.325 e. The standard InChI is InChI=1S/C14H15N5OS/c1-8(2)12-6-15-14(21-12)19-13(20)18-9-3-4-10-11(5-9)17-7-16-10/h3-8H,1-2H3,(H,16,17)(H2,15,18,19,20). The van der Waals surface area contributed by atoms with Gasteiger partial charge in [-0.25, -0.2) is 14.8 Å². The lowest BCUT2D eigenvalue weighted by Gasteiger charge is -2.05. The van der Waals surface area contributed by atoms with Crippen LogP contribution < -0.4 is 10.6 Å². The summed E-state index contributed by atoms with van der Waals surface area (Å²) < 4.78 is 0. The lowest BCUT2D eigenvalue weighted by Crippen LogP contribution is -2.19. The normalized spacial score (nSPS) is 11.0. The molecule has 2 amide bonds. The van der Waals surface area contributed by atoms with Crippen molar-refractivity contribution in [2.45, 2.75) is 19.8 Å². The number of carbonyl (C=O) groups is 1. The first-order valence-corrected chi connectivity index (χ1v) is 7.40. The number of nitrogens with zero attached hydrogens (tertiary/aromatic N) is 2. The van der Waals surface area contributed by atoms with Crippen molar-refractivity contribution in [3.05, 3.63) is 35.6 Å². The summed E-state index contributed by atoms with van der Waals surface area (Å²) in [5.74, 6) is 0.406. The number of aromatic amines is 1. The summed E-state index contributed by atoms with van der Waals surface area (Å²) in [7, 11) is 0. The van der Waals surface area contributed by atoms with Crippen LogP contribution in [0.25, 0.3) is 11.0 Å². The fourth-order valence-electron chi connectivity index (χ4n) is 1.88. The number of urea groups is 1. The number of hydrogen-bond acceptors (Lipinski definition) is 4. The van der Waals surface area contributed by atoms with Gasteiger partial charge in [0.1, 0.15) is 0 Å². The lowest BCUT2D eigenvalue weighted by molar-refractivity contribution is 0.262. The highest BCUT2D eigenvalue weighted by Crippen LogP contribution is 2.25. The zero-order valence-corrected chi connectivity index (χ0v) is 12.5. The number of rotatable bonds is 3. The summed E-state index contributed by atoms with van der Waals surface area (Å²) in [6.45, 7) is 4.19. The zero-order chi connectivity index (χ0) is 14.8. The molecule has 2 aromatic heterocycles. The summed E-state index contributed by atoms with van der Waals surface area (Å²) in [6, 6.07) is 5.19. The van der Waals surface area contributed by atoms with Crippen molar-refractivity contribution in [1.29, 1.82) is 0 Å². The minimum absolute atomic E-state index is 0.307. The number of anilines is 2. The molecular weight excluding hydrogens is 286 g/mol. The van der Waals surface area contributed by atoms with E-state index in [1.165, 1.54) is 11.3 Å². The first kappa shape index (κ1) is 13.6. The van der Waals surface area contributed by atoms with Crippen LogP contribution in [0.4, 0.5) is 15.6 Å². The largest absolute Gasteiger partial charge is 0.345 e. The molecule has 0 fully saturated rings. The number of thiazole rings is 1. The third-order valence-corrected chi connectivity index (χ3v) is 4.20. The Morgan fingerprint density at radius 3 is 2.90 bits per heavy atom. The molecule has 0 radical (unpaired) electrons. The number of amides is 2. The molecule has 108 valence electrons. The van der Waals surface area contributed by atoms with E-state index in [1.54, 1.807) is 12.5 Å². The van der Waals surface area contributed by atoms with E-state index in [1.807, 2.05) is 18.2 Å². The SMILES string of the molecule is CC(C)c1cnc(NC(=O)Nc2ccc3nc[nH]c3c2)s1. The summed E-state index contributed by atoms with van der Waals surface area (Å²) in [5, 5.41) is 6.11. The van der Waals surface area contributed by atoms with Gasteiger partial charge in [0.05, 0.1) is 17.4 Å². The number of aromatic nitrogens is 3. The molecule has 0 atom stereocenters. The number of fused-ring (bicyclic) bond motifs is 1. The number of H-pyrrole nitrogens is 1. The third-order valence-electron chi connectivity index (χ3n) is 2.99. The quantitative estimate of drug-likeness (QED) is 0.688. The van der Waals surface area contributed by atoms with Gasteiger partial charge in [0.15, 0.2) is 5.13 Å². The monoisotopic (exact) mass is 301 g/mol. The molecule has 6 nitrogen and oxygen atoms in total. The molecule has 21 heavy (non-hydrogen) atoms. The molecular formula is C14H15N5OS. The Morgan fingerprint density at radius 2 is 2.14 bits per heavy atom. The smallest absolute Gasteiger partial charge is 0.325 e. The van der Waals surface area contributed by atoms with E-state index < -0.39 is 0 Å². The highest BCUT2D eigenvalue weighted by molar-refractivity contribution is 7.15. The lowest BCUT2D eigenvalue weighted by atomic mass is 10.2. The second-order valence-corrected chi connectivity index (χ2v) is 6.00. The van der Waals surface area contributed by atoms with Crippen LogP contribution >= 0.6 is 11.3 Å². The second-order valence-electron chi connectivity index (χ2n) is 4.94. The Morgan fingerprint density at radius 1 is 1.29 bits per heavy atom. The Hall–Kier alpha value is -2.41. The first-order chi connectivity index (χ1) is 10.1. The maximum absolute atomic E-state index is 12.0. The van der Waals surface area contributed by atoms with Crippen molar-refractivity contribution in [3.8, 4) is 0 Å². The number of hydrogen-bond donors (Lipinski definition) is 3. The fourth-order valence-corrected chi connectivity index (χ4v) is 2.70. The van der Waals surface area contributed by atoms with E-state index in [0.717, 1.165) is 15.9 Å². The van der Waals surface area contributed by atoms with E-state index in [-0.39, 0.29) is 6.03 Å². The van der Waals surface area contributed by atoms with Crippen molar-refractivity contribution in [2.75, 3.05) is 10.6 Å². The van der Waals surface area contributed by atoms with E-state index in [2.05, 4.69) is 39.4 Å². The fraction of sp³-hybridized carbons (Fsp3) is 0.214. The van der Waals surface area contributed by atoms with Gasteiger partial charge in [-0.05, 0) is 24.1 Å². The molecule has 0 spiro atoms. The van der Waals surface area contributed by atoms with Gasteiger partial charge < -0.3 is 10.3 Å². The van der Waals surface area contributed by atoms with Crippen LogP contribution in [0, 0.1) is 0 Å². The number of nitrogens with one attached hydrogen (secondary N) is 3. The van der Waals surface area contributed by atoms with Crippen LogP contribution in [-0.2, 0) is 0 Å². The van der Waals surface area contributed by atoms with Crippen LogP contribution in [0.15, 0.2) is 30.7 Å². The van der Waals surface area contributed by atoms with Crippen LogP contribution in [0.2, 0.25) is 0 Å². The summed E-state index contributed by atoms with van der Waals surface area (Å²) in [5.41, 5.74) is 2.44. The number of imidazole rings is 1. The van der Waals surface area contributed by atoms with Crippen LogP contribution in [0.3, 0.4) is 0 Å². The predicted octanol–water partition coefficient (Wildman–Crippen LogP) is 3.79. The molecule has 7 heteroatoms. The van der Waals surface area contributed by atoms with Crippen LogP contribution in [0.5, 0.6) is 0 Å². The molecule has 2 heterocycles. The molecule has 3 aromatic rings. The van der Waals surface area contributed by atoms with Gasteiger partial charge in [-0.3, -0.25) is 5.32 Å².